The molecule has 1 aliphatic heterocycles. The highest BCUT2D eigenvalue weighted by Crippen LogP contribution is 2.76. The fraction of sp³-hybridized carbons (Fsp3) is 0.889. The van der Waals surface area contributed by atoms with Crippen molar-refractivity contribution in [2.45, 2.75) is 149 Å². The Labute approximate surface area is 267 Å². The van der Waals surface area contributed by atoms with E-state index in [0.29, 0.717) is 18.3 Å². The average Bonchev–Trinajstić information content (AvgIpc) is 2.94. The molecule has 0 aromatic heterocycles. The monoisotopic (exact) mass is 632 g/mol. The van der Waals surface area contributed by atoms with Gasteiger partial charge in [-0.3, -0.25) is 4.79 Å². The molecule has 13 atom stereocenters. The zero-order valence-corrected chi connectivity index (χ0v) is 28.2. The molecule has 9 nitrogen and oxygen atoms in total. The summed E-state index contributed by atoms with van der Waals surface area (Å²) in [5.41, 5.74) is 0.508. The van der Waals surface area contributed by atoms with Gasteiger partial charge in [-0.2, -0.15) is 0 Å². The van der Waals surface area contributed by atoms with Crippen molar-refractivity contribution in [2.75, 3.05) is 0 Å². The van der Waals surface area contributed by atoms with E-state index in [1.54, 1.807) is 0 Å². The molecule has 5 aliphatic carbocycles. The number of hydrogen-bond donors (Lipinski definition) is 5. The fourth-order valence-electron chi connectivity index (χ4n) is 12.2. The molecule has 0 bridgehead atoms. The van der Waals surface area contributed by atoms with Crippen molar-refractivity contribution < 1.29 is 44.6 Å². The molecule has 0 spiro atoms. The van der Waals surface area contributed by atoms with Gasteiger partial charge in [0, 0.05) is 0 Å². The van der Waals surface area contributed by atoms with Crippen molar-refractivity contribution in [1.82, 2.24) is 0 Å². The Morgan fingerprint density at radius 1 is 0.822 bits per heavy atom. The standard InChI is InChI=1S/C36H56O9/c1-31(2)14-16-36(30(42)43)17-15-34(6)19(20(36)18-31)8-9-22-33(5)12-11-23(32(3,4)21(33)10-13-35(22,34)7)44-29-26(39)24(37)25(38)27(45-29)28(40)41/h8,20-27,29,37-39H,9-18H2,1-7H3,(H,40,41)(H,42,43)/t20-,21-,22-,23-,24-,25-,26+,27-,29+,33-,34+,35+,36-/m0/s1. The van der Waals surface area contributed by atoms with Crippen molar-refractivity contribution in [3.63, 3.8) is 0 Å². The van der Waals surface area contributed by atoms with Crippen LogP contribution >= 0.6 is 0 Å². The molecular weight excluding hydrogens is 576 g/mol. The lowest BCUT2D eigenvalue weighted by atomic mass is 9.33. The molecular formula is C36H56O9. The van der Waals surface area contributed by atoms with Crippen LogP contribution in [0.4, 0.5) is 0 Å². The Morgan fingerprint density at radius 3 is 2.13 bits per heavy atom. The first-order chi connectivity index (χ1) is 20.7. The van der Waals surface area contributed by atoms with E-state index in [9.17, 15) is 35.1 Å². The van der Waals surface area contributed by atoms with Crippen LogP contribution in [0, 0.1) is 50.2 Å². The number of ether oxygens (including phenoxy) is 2. The van der Waals surface area contributed by atoms with Crippen molar-refractivity contribution in [2.24, 2.45) is 50.2 Å². The van der Waals surface area contributed by atoms with E-state index in [4.69, 9.17) is 9.47 Å². The molecule has 0 unspecified atom stereocenters. The van der Waals surface area contributed by atoms with Gasteiger partial charge in [0.05, 0.1) is 11.5 Å². The molecule has 9 heteroatoms. The predicted octanol–water partition coefficient (Wildman–Crippen LogP) is 5.15. The first-order valence-electron chi connectivity index (χ1n) is 17.3. The summed E-state index contributed by atoms with van der Waals surface area (Å²) in [6, 6.07) is 0. The average molecular weight is 633 g/mol. The second-order valence-corrected chi connectivity index (χ2v) is 17.9. The number of aliphatic hydroxyl groups is 3. The van der Waals surface area contributed by atoms with Gasteiger partial charge in [-0.15, -0.1) is 0 Å². The van der Waals surface area contributed by atoms with Gasteiger partial charge in [0.25, 0.3) is 0 Å². The minimum absolute atomic E-state index is 0.0000841. The van der Waals surface area contributed by atoms with E-state index in [1.165, 1.54) is 5.57 Å². The Balaban J connectivity index is 1.29. The van der Waals surface area contributed by atoms with Crippen molar-refractivity contribution in [1.29, 1.82) is 0 Å². The van der Waals surface area contributed by atoms with Gasteiger partial charge in [-0.1, -0.05) is 60.1 Å². The Kier molecular flexibility index (Phi) is 7.78. The first kappa shape index (κ1) is 33.4. The third-order valence-electron chi connectivity index (χ3n) is 15.1. The molecule has 1 heterocycles. The van der Waals surface area contributed by atoms with Crippen molar-refractivity contribution >= 4 is 11.9 Å². The summed E-state index contributed by atoms with van der Waals surface area (Å²) in [5.74, 6) is -1.24. The molecule has 5 fully saturated rings. The lowest BCUT2D eigenvalue weighted by Gasteiger charge is -2.71. The number of allylic oxidation sites excluding steroid dienone is 2. The van der Waals surface area contributed by atoms with E-state index in [0.717, 1.165) is 57.8 Å². The van der Waals surface area contributed by atoms with Crippen LogP contribution in [0.1, 0.15) is 113 Å². The summed E-state index contributed by atoms with van der Waals surface area (Å²) in [5, 5.41) is 51.4. The highest BCUT2D eigenvalue weighted by Gasteiger charge is 2.69. The van der Waals surface area contributed by atoms with Crippen molar-refractivity contribution in [3.8, 4) is 0 Å². The van der Waals surface area contributed by atoms with Gasteiger partial charge in [0.15, 0.2) is 12.4 Å². The molecule has 0 aromatic carbocycles. The minimum atomic E-state index is -1.75. The third kappa shape index (κ3) is 4.57. The summed E-state index contributed by atoms with van der Waals surface area (Å²) in [6.45, 7) is 16.4. The number of carboxylic acids is 2. The molecule has 45 heavy (non-hydrogen) atoms. The van der Waals surface area contributed by atoms with Gasteiger partial charge in [-0.05, 0) is 109 Å². The van der Waals surface area contributed by atoms with Crippen LogP contribution in [-0.2, 0) is 19.1 Å². The van der Waals surface area contributed by atoms with Gasteiger partial charge in [0.2, 0.25) is 0 Å². The van der Waals surface area contributed by atoms with Crippen LogP contribution in [0.25, 0.3) is 0 Å². The zero-order valence-electron chi connectivity index (χ0n) is 28.2. The smallest absolute Gasteiger partial charge is 0.335 e. The first-order valence-corrected chi connectivity index (χ1v) is 17.3. The van der Waals surface area contributed by atoms with Gasteiger partial charge in [0.1, 0.15) is 18.3 Å². The summed E-state index contributed by atoms with van der Waals surface area (Å²) in [7, 11) is 0. The minimum Gasteiger partial charge on any atom is -0.481 e. The summed E-state index contributed by atoms with van der Waals surface area (Å²) in [4.78, 5) is 24.6. The molecule has 1 saturated heterocycles. The maximum atomic E-state index is 12.9. The number of carbonyl (C=O) groups is 2. The molecule has 4 saturated carbocycles. The molecule has 6 rings (SSSR count). The SMILES string of the molecule is CC1(C)CC[C@]2(C(=O)O)CC[C@]3(C)C(=CC[C@H]4[C@@]5(C)CC[C@H](O[C@@H]6O[C@H](C(=O)O)[C@@H](O)[C@H](O)[C@H]6O)C(C)(C)[C@@H]5CC[C@]43C)[C@@H]2C1. The third-order valence-corrected chi connectivity index (χ3v) is 15.1. The second-order valence-electron chi connectivity index (χ2n) is 17.9. The van der Waals surface area contributed by atoms with E-state index in [2.05, 4.69) is 54.5 Å². The van der Waals surface area contributed by atoms with Gasteiger partial charge < -0.3 is 35.0 Å². The summed E-state index contributed by atoms with van der Waals surface area (Å²) < 4.78 is 11.9. The largest absolute Gasteiger partial charge is 0.481 e. The Hall–Kier alpha value is -1.52. The Morgan fingerprint density at radius 2 is 1.49 bits per heavy atom. The fourth-order valence-corrected chi connectivity index (χ4v) is 12.2. The van der Waals surface area contributed by atoms with E-state index in [1.807, 2.05) is 0 Å². The molecule has 0 radical (unpaired) electrons. The number of aliphatic hydroxyl groups excluding tert-OH is 3. The number of aliphatic carboxylic acids is 2. The van der Waals surface area contributed by atoms with Crippen LogP contribution < -0.4 is 0 Å². The van der Waals surface area contributed by atoms with Crippen LogP contribution in [-0.4, -0.2) is 74.3 Å². The molecule has 5 N–H and O–H groups in total. The molecule has 0 amide bonds. The van der Waals surface area contributed by atoms with Gasteiger partial charge >= 0.3 is 11.9 Å². The second kappa shape index (κ2) is 10.5. The van der Waals surface area contributed by atoms with E-state index >= 15 is 0 Å². The zero-order chi connectivity index (χ0) is 33.1. The number of fused-ring (bicyclic) bond motifs is 7. The van der Waals surface area contributed by atoms with Gasteiger partial charge in [-0.25, -0.2) is 4.79 Å². The van der Waals surface area contributed by atoms with E-state index < -0.39 is 48.1 Å². The van der Waals surface area contributed by atoms with Crippen LogP contribution in [0.5, 0.6) is 0 Å². The maximum absolute atomic E-state index is 12.9. The van der Waals surface area contributed by atoms with E-state index in [-0.39, 0.29) is 39.1 Å². The summed E-state index contributed by atoms with van der Waals surface area (Å²) in [6.07, 6.45) is 2.94. The lowest BCUT2D eigenvalue weighted by molar-refractivity contribution is -0.324. The van der Waals surface area contributed by atoms with Crippen LogP contribution in [0.15, 0.2) is 11.6 Å². The quantitative estimate of drug-likeness (QED) is 0.209. The number of rotatable bonds is 4. The predicted molar refractivity (Wildman–Crippen MR) is 166 cm³/mol. The highest BCUT2D eigenvalue weighted by molar-refractivity contribution is 5.76. The molecule has 6 aliphatic rings. The topological polar surface area (TPSA) is 154 Å². The van der Waals surface area contributed by atoms with Crippen LogP contribution in [0.3, 0.4) is 0 Å². The normalized spacial score (nSPS) is 51.9. The Bertz CT molecular complexity index is 1260. The molecule has 254 valence electrons. The summed E-state index contributed by atoms with van der Waals surface area (Å²) >= 11 is 0. The maximum Gasteiger partial charge on any atom is 0.335 e. The highest BCUT2D eigenvalue weighted by atomic mass is 16.7. The molecule has 0 aromatic rings. The number of carboxylic acid groups (broad SMARTS) is 2. The number of hydrogen-bond acceptors (Lipinski definition) is 7. The van der Waals surface area contributed by atoms with Crippen LogP contribution in [0.2, 0.25) is 0 Å². The van der Waals surface area contributed by atoms with Crippen molar-refractivity contribution in [3.05, 3.63) is 11.6 Å². The lowest BCUT2D eigenvalue weighted by Crippen LogP contribution is -2.66.